The van der Waals surface area contributed by atoms with E-state index in [9.17, 15) is 0 Å². The highest BCUT2D eigenvalue weighted by molar-refractivity contribution is 7.99. The fourth-order valence-corrected chi connectivity index (χ4v) is 4.09. The topological polar surface area (TPSA) is 30.5 Å². The summed E-state index contributed by atoms with van der Waals surface area (Å²) in [4.78, 5) is 0. The van der Waals surface area contributed by atoms with Crippen LogP contribution in [0.25, 0.3) is 0 Å². The number of rotatable bonds is 7. The predicted molar refractivity (Wildman–Crippen MR) is 81.9 cm³/mol. The van der Waals surface area contributed by atoms with Crippen molar-refractivity contribution in [1.82, 2.24) is 5.32 Å². The summed E-state index contributed by atoms with van der Waals surface area (Å²) in [6.07, 6.45) is 4.68. The second kappa shape index (κ2) is 7.87. The largest absolute Gasteiger partial charge is 0.378 e. The van der Waals surface area contributed by atoms with Crippen molar-refractivity contribution in [3.63, 3.8) is 0 Å². The highest BCUT2D eigenvalue weighted by Crippen LogP contribution is 2.37. The molecule has 2 rings (SSSR count). The Morgan fingerprint density at radius 3 is 2.95 bits per heavy atom. The van der Waals surface area contributed by atoms with Gasteiger partial charge in [-0.3, -0.25) is 0 Å². The predicted octanol–water partition coefficient (Wildman–Crippen LogP) is 2.69. The summed E-state index contributed by atoms with van der Waals surface area (Å²) in [5.74, 6) is 3.20. The van der Waals surface area contributed by atoms with Gasteiger partial charge in [0.1, 0.15) is 0 Å². The van der Waals surface area contributed by atoms with E-state index in [0.29, 0.717) is 6.04 Å². The summed E-state index contributed by atoms with van der Waals surface area (Å²) in [7, 11) is 0. The fourth-order valence-electron chi connectivity index (χ4n) is 3.21. The van der Waals surface area contributed by atoms with Crippen molar-refractivity contribution in [2.75, 3.05) is 37.9 Å². The van der Waals surface area contributed by atoms with Crippen LogP contribution in [0, 0.1) is 5.92 Å². The Morgan fingerprint density at radius 1 is 1.37 bits per heavy atom. The summed E-state index contributed by atoms with van der Waals surface area (Å²) in [6, 6.07) is 0.645. The van der Waals surface area contributed by atoms with Crippen LogP contribution in [0.4, 0.5) is 0 Å². The molecule has 4 heteroatoms. The van der Waals surface area contributed by atoms with E-state index in [-0.39, 0.29) is 5.60 Å². The quantitative estimate of drug-likeness (QED) is 0.780. The van der Waals surface area contributed by atoms with Gasteiger partial charge in [-0.2, -0.15) is 11.8 Å². The van der Waals surface area contributed by atoms with E-state index in [2.05, 4.69) is 30.9 Å². The van der Waals surface area contributed by atoms with E-state index in [1.165, 1.54) is 30.8 Å². The molecule has 0 radical (unpaired) electrons. The standard InChI is InChI=1S/C15H29NO2S/c1-3-7-16-14(11-19-4-2)13-5-8-18-15(10-13)6-9-17-12-15/h13-14,16H,3-12H2,1-2H3. The first-order valence-electron chi connectivity index (χ1n) is 7.82. The summed E-state index contributed by atoms with van der Waals surface area (Å²) in [5.41, 5.74) is 0.0476. The molecular weight excluding hydrogens is 258 g/mol. The third-order valence-corrected chi connectivity index (χ3v) is 5.33. The molecular formula is C15H29NO2S. The van der Waals surface area contributed by atoms with Gasteiger partial charge in [-0.1, -0.05) is 13.8 Å². The van der Waals surface area contributed by atoms with Crippen LogP contribution in [0.1, 0.15) is 39.5 Å². The van der Waals surface area contributed by atoms with Crippen LogP contribution in [0.15, 0.2) is 0 Å². The number of hydrogen-bond acceptors (Lipinski definition) is 4. The molecule has 1 spiro atoms. The zero-order valence-electron chi connectivity index (χ0n) is 12.5. The molecule has 0 aromatic carbocycles. The molecule has 0 bridgehead atoms. The molecule has 112 valence electrons. The molecule has 2 aliphatic heterocycles. The van der Waals surface area contributed by atoms with E-state index in [4.69, 9.17) is 9.47 Å². The van der Waals surface area contributed by atoms with Crippen LogP contribution in [-0.2, 0) is 9.47 Å². The first-order valence-corrected chi connectivity index (χ1v) is 8.98. The molecule has 1 N–H and O–H groups in total. The summed E-state index contributed by atoms with van der Waals surface area (Å²) in [5, 5.41) is 3.76. The molecule has 2 fully saturated rings. The van der Waals surface area contributed by atoms with E-state index in [1.807, 2.05) is 0 Å². The third kappa shape index (κ3) is 4.35. The van der Waals surface area contributed by atoms with Gasteiger partial charge in [0.05, 0.1) is 12.2 Å². The highest BCUT2D eigenvalue weighted by atomic mass is 32.2. The molecule has 0 aromatic rings. The van der Waals surface area contributed by atoms with Gasteiger partial charge in [-0.15, -0.1) is 0 Å². The Kier molecular flexibility index (Phi) is 6.46. The summed E-state index contributed by atoms with van der Waals surface area (Å²) in [6.45, 7) is 8.23. The number of nitrogens with one attached hydrogen (secondary N) is 1. The first kappa shape index (κ1) is 15.6. The van der Waals surface area contributed by atoms with Gasteiger partial charge >= 0.3 is 0 Å². The Bertz CT molecular complexity index is 249. The van der Waals surface area contributed by atoms with E-state index in [1.54, 1.807) is 0 Å². The van der Waals surface area contributed by atoms with Crippen LogP contribution < -0.4 is 5.32 Å². The maximum Gasteiger partial charge on any atom is 0.0939 e. The van der Waals surface area contributed by atoms with Crippen LogP contribution in [0.2, 0.25) is 0 Å². The maximum absolute atomic E-state index is 6.06. The lowest BCUT2D eigenvalue weighted by atomic mass is 9.81. The first-order chi connectivity index (χ1) is 9.29. The van der Waals surface area contributed by atoms with Crippen molar-refractivity contribution in [1.29, 1.82) is 0 Å². The molecule has 0 saturated carbocycles. The molecule has 0 amide bonds. The average Bonchev–Trinajstić information content (AvgIpc) is 2.87. The second-order valence-corrected chi connectivity index (χ2v) is 7.13. The van der Waals surface area contributed by atoms with Gasteiger partial charge in [0, 0.05) is 31.4 Å². The van der Waals surface area contributed by atoms with E-state index < -0.39 is 0 Å². The zero-order valence-corrected chi connectivity index (χ0v) is 13.3. The van der Waals surface area contributed by atoms with E-state index in [0.717, 1.165) is 38.7 Å². The normalized spacial score (nSPS) is 32.8. The van der Waals surface area contributed by atoms with Crippen LogP contribution in [-0.4, -0.2) is 49.5 Å². The monoisotopic (exact) mass is 287 g/mol. The van der Waals surface area contributed by atoms with Crippen LogP contribution in [0.5, 0.6) is 0 Å². The molecule has 19 heavy (non-hydrogen) atoms. The molecule has 3 nitrogen and oxygen atoms in total. The van der Waals surface area contributed by atoms with Crippen molar-refractivity contribution < 1.29 is 9.47 Å². The number of ether oxygens (including phenoxy) is 2. The van der Waals surface area contributed by atoms with Gasteiger partial charge in [-0.25, -0.2) is 0 Å². The van der Waals surface area contributed by atoms with Gasteiger partial charge in [-0.05, 0) is 37.5 Å². The van der Waals surface area contributed by atoms with Crippen LogP contribution in [0.3, 0.4) is 0 Å². The molecule has 0 aromatic heterocycles. The Balaban J connectivity index is 1.90. The zero-order chi connectivity index (χ0) is 13.6. The Morgan fingerprint density at radius 2 is 2.26 bits per heavy atom. The van der Waals surface area contributed by atoms with Crippen molar-refractivity contribution in [3.8, 4) is 0 Å². The summed E-state index contributed by atoms with van der Waals surface area (Å²) < 4.78 is 11.6. The van der Waals surface area contributed by atoms with Crippen molar-refractivity contribution in [2.24, 2.45) is 5.92 Å². The van der Waals surface area contributed by atoms with Crippen LogP contribution >= 0.6 is 11.8 Å². The van der Waals surface area contributed by atoms with Gasteiger partial charge < -0.3 is 14.8 Å². The third-order valence-electron chi connectivity index (χ3n) is 4.33. The van der Waals surface area contributed by atoms with Gasteiger partial charge in [0.25, 0.3) is 0 Å². The highest BCUT2D eigenvalue weighted by Gasteiger charge is 2.42. The minimum absolute atomic E-state index is 0.0476. The fraction of sp³-hybridized carbons (Fsp3) is 1.00. The van der Waals surface area contributed by atoms with E-state index >= 15 is 0 Å². The second-order valence-electron chi connectivity index (χ2n) is 5.81. The molecule has 3 atom stereocenters. The van der Waals surface area contributed by atoms with Gasteiger partial charge in [0.2, 0.25) is 0 Å². The Labute approximate surface area is 122 Å². The molecule has 3 unspecified atom stereocenters. The maximum atomic E-state index is 6.06. The lowest BCUT2D eigenvalue weighted by Gasteiger charge is -2.40. The minimum Gasteiger partial charge on any atom is -0.378 e. The lowest BCUT2D eigenvalue weighted by molar-refractivity contribution is -0.102. The summed E-state index contributed by atoms with van der Waals surface area (Å²) >= 11 is 2.06. The number of thioether (sulfide) groups is 1. The SMILES string of the molecule is CCCNC(CSCC)C1CCOC2(CCOC2)C1. The smallest absolute Gasteiger partial charge is 0.0939 e. The van der Waals surface area contributed by atoms with Crippen molar-refractivity contribution >= 4 is 11.8 Å². The molecule has 2 aliphatic rings. The average molecular weight is 287 g/mol. The Hall–Kier alpha value is 0.230. The van der Waals surface area contributed by atoms with Gasteiger partial charge in [0.15, 0.2) is 0 Å². The molecule has 2 saturated heterocycles. The number of hydrogen-bond donors (Lipinski definition) is 1. The van der Waals surface area contributed by atoms with Crippen molar-refractivity contribution in [3.05, 3.63) is 0 Å². The van der Waals surface area contributed by atoms with Crippen molar-refractivity contribution in [2.45, 2.75) is 51.2 Å². The molecule has 2 heterocycles. The molecule has 0 aliphatic carbocycles. The minimum atomic E-state index is 0.0476. The lowest BCUT2D eigenvalue weighted by Crippen LogP contribution is -2.48.